The highest BCUT2D eigenvalue weighted by Gasteiger charge is 2.17. The molecule has 0 aliphatic heterocycles. The fourth-order valence-electron chi connectivity index (χ4n) is 1.31. The molecule has 0 aliphatic rings. The van der Waals surface area contributed by atoms with Crippen LogP contribution in [0.25, 0.3) is 0 Å². The van der Waals surface area contributed by atoms with Gasteiger partial charge in [0, 0.05) is 28.9 Å². The van der Waals surface area contributed by atoms with Crippen LogP contribution >= 0.6 is 0 Å². The van der Waals surface area contributed by atoms with E-state index in [4.69, 9.17) is 5.26 Å². The molecule has 98 valence electrons. The highest BCUT2D eigenvalue weighted by atomic mass is 32.2. The van der Waals surface area contributed by atoms with Crippen LogP contribution in [0.4, 0.5) is 0 Å². The first-order valence-corrected chi connectivity index (χ1v) is 8.32. The Labute approximate surface area is 109 Å². The molecular weight excluding hydrogens is 272 g/mol. The van der Waals surface area contributed by atoms with Crippen LogP contribution in [-0.2, 0) is 20.8 Å². The number of hydrogen-bond donors (Lipinski definition) is 1. The molecule has 0 aliphatic carbocycles. The lowest BCUT2D eigenvalue weighted by Gasteiger charge is -2.07. The van der Waals surface area contributed by atoms with E-state index in [-0.39, 0.29) is 22.8 Å². The van der Waals surface area contributed by atoms with Crippen LogP contribution < -0.4 is 4.72 Å². The van der Waals surface area contributed by atoms with Crippen LogP contribution in [0, 0.1) is 11.3 Å². The van der Waals surface area contributed by atoms with Gasteiger partial charge in [-0.15, -0.1) is 0 Å². The summed E-state index contributed by atoms with van der Waals surface area (Å²) in [7, 11) is -4.73. The average molecular weight is 286 g/mol. The second kappa shape index (κ2) is 6.64. The van der Waals surface area contributed by atoms with Gasteiger partial charge in [0.1, 0.15) is 6.07 Å². The maximum Gasteiger partial charge on any atom is 0.241 e. The smallest absolute Gasteiger partial charge is 0.241 e. The zero-order valence-electron chi connectivity index (χ0n) is 9.92. The van der Waals surface area contributed by atoms with Gasteiger partial charge >= 0.3 is 0 Å². The third kappa shape index (κ3) is 3.91. The molecule has 5 nitrogen and oxygen atoms in total. The van der Waals surface area contributed by atoms with Crippen LogP contribution in [-0.4, -0.2) is 30.7 Å². The molecule has 1 aromatic carbocycles. The fourth-order valence-corrected chi connectivity index (χ4v) is 3.24. The van der Waals surface area contributed by atoms with Gasteiger partial charge in [-0.3, -0.25) is 4.21 Å². The van der Waals surface area contributed by atoms with Crippen LogP contribution in [0.1, 0.15) is 12.5 Å². The third-order valence-electron chi connectivity index (χ3n) is 2.24. The van der Waals surface area contributed by atoms with Gasteiger partial charge in [0.25, 0.3) is 0 Å². The Morgan fingerprint density at radius 2 is 2.06 bits per heavy atom. The first kappa shape index (κ1) is 14.8. The van der Waals surface area contributed by atoms with E-state index in [1.807, 2.05) is 6.07 Å². The highest BCUT2D eigenvalue weighted by Crippen LogP contribution is 2.13. The number of hydrogen-bond acceptors (Lipinski definition) is 4. The van der Waals surface area contributed by atoms with Gasteiger partial charge in [0.15, 0.2) is 0 Å². The summed E-state index contributed by atoms with van der Waals surface area (Å²) in [4.78, 5) is -0.0465. The van der Waals surface area contributed by atoms with Gasteiger partial charge in [-0.1, -0.05) is 19.1 Å². The number of sulfonamides is 1. The molecule has 1 N–H and O–H groups in total. The molecule has 0 radical (unpaired) electrons. The van der Waals surface area contributed by atoms with Crippen LogP contribution in [0.3, 0.4) is 0 Å². The summed E-state index contributed by atoms with van der Waals surface area (Å²) in [6.07, 6.45) is 0. The van der Waals surface area contributed by atoms with E-state index in [0.29, 0.717) is 5.75 Å². The predicted octanol–water partition coefficient (Wildman–Crippen LogP) is 0.605. The van der Waals surface area contributed by atoms with Crippen LogP contribution in [0.5, 0.6) is 0 Å². The van der Waals surface area contributed by atoms with E-state index in [1.54, 1.807) is 19.1 Å². The van der Waals surface area contributed by atoms with Gasteiger partial charge in [-0.25, -0.2) is 13.1 Å². The molecule has 0 fully saturated rings. The molecule has 7 heteroatoms. The van der Waals surface area contributed by atoms with E-state index in [1.165, 1.54) is 12.1 Å². The van der Waals surface area contributed by atoms with Crippen molar-refractivity contribution in [2.75, 3.05) is 18.1 Å². The molecule has 1 aromatic rings. The van der Waals surface area contributed by atoms with Gasteiger partial charge in [0.2, 0.25) is 10.0 Å². The molecular formula is C11H14N2O3S2. The Morgan fingerprint density at radius 3 is 2.67 bits per heavy atom. The second-order valence-corrected chi connectivity index (χ2v) is 7.04. The van der Waals surface area contributed by atoms with E-state index in [0.717, 1.165) is 0 Å². The summed E-state index contributed by atoms with van der Waals surface area (Å²) in [5.74, 6) is 0.765. The van der Waals surface area contributed by atoms with Crippen molar-refractivity contribution >= 4 is 20.8 Å². The summed E-state index contributed by atoms with van der Waals surface area (Å²) in [6, 6.07) is 7.80. The van der Waals surface area contributed by atoms with Gasteiger partial charge in [-0.05, 0) is 12.1 Å². The second-order valence-electron chi connectivity index (χ2n) is 3.44. The Hall–Kier alpha value is -1.23. The number of nitrogens with one attached hydrogen (secondary N) is 1. The number of rotatable bonds is 6. The molecule has 0 bridgehead atoms. The van der Waals surface area contributed by atoms with Gasteiger partial charge < -0.3 is 0 Å². The number of benzene rings is 1. The average Bonchev–Trinajstić information content (AvgIpc) is 2.38. The normalized spacial score (nSPS) is 12.9. The Morgan fingerprint density at radius 1 is 1.39 bits per heavy atom. The monoisotopic (exact) mass is 286 g/mol. The van der Waals surface area contributed by atoms with Crippen molar-refractivity contribution in [1.82, 2.24) is 4.72 Å². The summed E-state index contributed by atoms with van der Waals surface area (Å²) < 4.78 is 37.4. The van der Waals surface area contributed by atoms with Crippen molar-refractivity contribution in [2.45, 2.75) is 11.8 Å². The van der Waals surface area contributed by atoms with Crippen LogP contribution in [0.15, 0.2) is 29.2 Å². The lowest BCUT2D eigenvalue weighted by atomic mass is 10.2. The van der Waals surface area contributed by atoms with Crippen LogP contribution in [0.2, 0.25) is 0 Å². The van der Waals surface area contributed by atoms with Gasteiger partial charge in [-0.2, -0.15) is 5.26 Å². The van der Waals surface area contributed by atoms with E-state index in [2.05, 4.69) is 4.72 Å². The number of nitriles is 1. The molecule has 0 spiro atoms. The topological polar surface area (TPSA) is 87.0 Å². The standard InChI is InChI=1S/C11H14N2O3S2/c1-2-17(14)8-7-13-18(15,16)11-6-4-3-5-10(11)9-12/h3-6,13H,2,7-8H2,1H3. The minimum Gasteiger partial charge on any atom is -0.260 e. The fraction of sp³-hybridized carbons (Fsp3) is 0.364. The Bertz CT molecular complexity index is 576. The van der Waals surface area contributed by atoms with Crippen molar-refractivity contribution < 1.29 is 12.6 Å². The molecule has 0 heterocycles. The SMILES string of the molecule is CCS(=O)CCNS(=O)(=O)c1ccccc1C#N. The Kier molecular flexibility index (Phi) is 5.47. The summed E-state index contributed by atoms with van der Waals surface area (Å²) in [6.45, 7) is 1.87. The first-order valence-electron chi connectivity index (χ1n) is 5.35. The highest BCUT2D eigenvalue weighted by molar-refractivity contribution is 7.89. The quantitative estimate of drug-likeness (QED) is 0.830. The Balaban J connectivity index is 2.81. The maximum atomic E-state index is 11.9. The molecule has 1 atom stereocenters. The number of nitrogens with zero attached hydrogens (tertiary/aromatic N) is 1. The molecule has 18 heavy (non-hydrogen) atoms. The van der Waals surface area contributed by atoms with E-state index >= 15 is 0 Å². The summed E-state index contributed by atoms with van der Waals surface area (Å²) >= 11 is 0. The van der Waals surface area contributed by atoms with Crippen molar-refractivity contribution in [3.63, 3.8) is 0 Å². The minimum absolute atomic E-state index is 0.0465. The lowest BCUT2D eigenvalue weighted by molar-refractivity contribution is 0.583. The van der Waals surface area contributed by atoms with E-state index in [9.17, 15) is 12.6 Å². The first-order chi connectivity index (χ1) is 8.51. The van der Waals surface area contributed by atoms with Gasteiger partial charge in [0.05, 0.1) is 10.5 Å². The molecule has 0 saturated heterocycles. The van der Waals surface area contributed by atoms with E-state index < -0.39 is 20.8 Å². The van der Waals surface area contributed by atoms with Crippen molar-refractivity contribution in [3.05, 3.63) is 29.8 Å². The minimum atomic E-state index is -3.71. The molecule has 0 saturated carbocycles. The largest absolute Gasteiger partial charge is 0.260 e. The molecule has 1 unspecified atom stereocenters. The zero-order chi connectivity index (χ0) is 13.6. The third-order valence-corrected chi connectivity index (χ3v) is 5.06. The van der Waals surface area contributed by atoms with Crippen molar-refractivity contribution in [3.8, 4) is 6.07 Å². The molecule has 0 amide bonds. The van der Waals surface area contributed by atoms with Crippen molar-refractivity contribution in [2.24, 2.45) is 0 Å². The summed E-state index contributed by atoms with van der Waals surface area (Å²) in [5.41, 5.74) is 0.0987. The summed E-state index contributed by atoms with van der Waals surface area (Å²) in [5, 5.41) is 8.84. The predicted molar refractivity (Wildman–Crippen MR) is 69.9 cm³/mol. The van der Waals surface area contributed by atoms with Crippen molar-refractivity contribution in [1.29, 1.82) is 5.26 Å². The maximum absolute atomic E-state index is 11.9. The lowest BCUT2D eigenvalue weighted by Crippen LogP contribution is -2.28. The molecule has 1 rings (SSSR count). The molecule has 0 aromatic heterocycles. The zero-order valence-corrected chi connectivity index (χ0v) is 11.6.